The first-order valence-corrected chi connectivity index (χ1v) is 6.57. The molecule has 0 aliphatic carbocycles. The van der Waals surface area contributed by atoms with Crippen molar-refractivity contribution in [3.05, 3.63) is 23.8 Å². The van der Waals surface area contributed by atoms with Gasteiger partial charge in [-0.2, -0.15) is 0 Å². The Hall–Kier alpha value is -1.75. The quantitative estimate of drug-likeness (QED) is 0.691. The van der Waals surface area contributed by atoms with Crippen LogP contribution in [0, 0.1) is 5.92 Å². The van der Waals surface area contributed by atoms with Crippen LogP contribution in [0.1, 0.15) is 23.7 Å². The summed E-state index contributed by atoms with van der Waals surface area (Å²) < 4.78 is 0. The van der Waals surface area contributed by atoms with Gasteiger partial charge in [0, 0.05) is 25.7 Å². The standard InChI is InChI=1S/C14H21N3O2/c1-9-5-6-17(8-13(9)18)12-4-3-10(7-11(12)15)14(19)16-2/h3-4,7,9,13,18H,5-6,8,15H2,1-2H3,(H,16,19). The van der Waals surface area contributed by atoms with Crippen LogP contribution in [0.25, 0.3) is 0 Å². The van der Waals surface area contributed by atoms with Crippen molar-refractivity contribution in [2.24, 2.45) is 5.92 Å². The molecule has 1 aromatic rings. The summed E-state index contributed by atoms with van der Waals surface area (Å²) in [5.41, 5.74) is 8.03. The van der Waals surface area contributed by atoms with Crippen LogP contribution in [0.15, 0.2) is 18.2 Å². The van der Waals surface area contributed by atoms with E-state index in [1.165, 1.54) is 0 Å². The number of nitrogens with two attached hydrogens (primary N) is 1. The molecule has 1 saturated heterocycles. The first-order valence-electron chi connectivity index (χ1n) is 6.57. The lowest BCUT2D eigenvalue weighted by molar-refractivity contribution is 0.0962. The van der Waals surface area contributed by atoms with Crippen molar-refractivity contribution in [3.8, 4) is 0 Å². The number of rotatable bonds is 2. The molecule has 2 rings (SSSR count). The minimum Gasteiger partial charge on any atom is -0.397 e. The number of nitrogen functional groups attached to an aromatic ring is 1. The number of anilines is 2. The molecule has 1 aliphatic rings. The fraction of sp³-hybridized carbons (Fsp3) is 0.500. The Morgan fingerprint density at radius 1 is 1.53 bits per heavy atom. The van der Waals surface area contributed by atoms with Crippen molar-refractivity contribution in [1.29, 1.82) is 0 Å². The first kappa shape index (κ1) is 13.7. The number of carbonyl (C=O) groups excluding carboxylic acids is 1. The second-order valence-electron chi connectivity index (χ2n) is 5.13. The Morgan fingerprint density at radius 2 is 2.26 bits per heavy atom. The van der Waals surface area contributed by atoms with E-state index in [1.807, 2.05) is 6.07 Å². The van der Waals surface area contributed by atoms with E-state index in [1.54, 1.807) is 19.2 Å². The third kappa shape index (κ3) is 2.81. The van der Waals surface area contributed by atoms with Gasteiger partial charge in [0.25, 0.3) is 5.91 Å². The number of carbonyl (C=O) groups is 1. The van der Waals surface area contributed by atoms with Gasteiger partial charge >= 0.3 is 0 Å². The van der Waals surface area contributed by atoms with Crippen molar-refractivity contribution >= 4 is 17.3 Å². The summed E-state index contributed by atoms with van der Waals surface area (Å²) in [7, 11) is 1.59. The van der Waals surface area contributed by atoms with E-state index < -0.39 is 0 Å². The zero-order valence-corrected chi connectivity index (χ0v) is 11.4. The number of β-amino-alcohol motifs (C(OH)–C–C–N with tert-alkyl or cyclic N) is 1. The highest BCUT2D eigenvalue weighted by Crippen LogP contribution is 2.28. The Labute approximate surface area is 113 Å². The molecule has 4 N–H and O–H groups in total. The number of hydrogen-bond acceptors (Lipinski definition) is 4. The van der Waals surface area contributed by atoms with E-state index in [0.717, 1.165) is 18.7 Å². The highest BCUT2D eigenvalue weighted by Gasteiger charge is 2.25. The van der Waals surface area contributed by atoms with Crippen molar-refractivity contribution in [3.63, 3.8) is 0 Å². The molecule has 5 nitrogen and oxygen atoms in total. The molecule has 0 spiro atoms. The number of nitrogens with zero attached hydrogens (tertiary/aromatic N) is 1. The summed E-state index contributed by atoms with van der Waals surface area (Å²) >= 11 is 0. The van der Waals surface area contributed by atoms with Crippen LogP contribution < -0.4 is 16.0 Å². The molecule has 2 atom stereocenters. The molecule has 5 heteroatoms. The van der Waals surface area contributed by atoms with Gasteiger partial charge in [-0.25, -0.2) is 0 Å². The topological polar surface area (TPSA) is 78.6 Å². The van der Waals surface area contributed by atoms with E-state index >= 15 is 0 Å². The van der Waals surface area contributed by atoms with Gasteiger partial charge in [0.1, 0.15) is 0 Å². The molecule has 0 bridgehead atoms. The van der Waals surface area contributed by atoms with Crippen molar-refractivity contribution in [1.82, 2.24) is 5.32 Å². The lowest BCUT2D eigenvalue weighted by atomic mass is 9.95. The molecule has 1 aromatic carbocycles. The second-order valence-corrected chi connectivity index (χ2v) is 5.13. The zero-order valence-electron chi connectivity index (χ0n) is 11.4. The van der Waals surface area contributed by atoms with Gasteiger partial charge in [-0.15, -0.1) is 0 Å². The SMILES string of the molecule is CNC(=O)c1ccc(N2CCC(C)C(O)C2)c(N)c1. The van der Waals surface area contributed by atoms with E-state index in [4.69, 9.17) is 5.73 Å². The minimum absolute atomic E-state index is 0.148. The molecule has 0 aromatic heterocycles. The van der Waals surface area contributed by atoms with Gasteiger partial charge in [-0.05, 0) is 30.5 Å². The highest BCUT2D eigenvalue weighted by molar-refractivity contribution is 5.96. The fourth-order valence-corrected chi connectivity index (χ4v) is 2.40. The fourth-order valence-electron chi connectivity index (χ4n) is 2.40. The number of aliphatic hydroxyl groups is 1. The molecule has 0 saturated carbocycles. The predicted octanol–water partition coefficient (Wildman–Crippen LogP) is 0.836. The van der Waals surface area contributed by atoms with Gasteiger partial charge in [-0.3, -0.25) is 4.79 Å². The van der Waals surface area contributed by atoms with E-state index in [2.05, 4.69) is 17.1 Å². The van der Waals surface area contributed by atoms with Gasteiger partial charge in [0.05, 0.1) is 17.5 Å². The summed E-state index contributed by atoms with van der Waals surface area (Å²) in [5, 5.41) is 12.5. The van der Waals surface area contributed by atoms with Gasteiger partial charge in [0.15, 0.2) is 0 Å². The van der Waals surface area contributed by atoms with Crippen LogP contribution >= 0.6 is 0 Å². The molecule has 0 radical (unpaired) electrons. The van der Waals surface area contributed by atoms with Crippen LogP contribution in [0.4, 0.5) is 11.4 Å². The smallest absolute Gasteiger partial charge is 0.251 e. The van der Waals surface area contributed by atoms with Gasteiger partial charge < -0.3 is 21.1 Å². The van der Waals surface area contributed by atoms with Crippen LogP contribution in [0.2, 0.25) is 0 Å². The minimum atomic E-state index is -0.327. The molecular weight excluding hydrogens is 242 g/mol. The number of hydrogen-bond donors (Lipinski definition) is 3. The molecule has 1 heterocycles. The maximum Gasteiger partial charge on any atom is 0.251 e. The number of amides is 1. The summed E-state index contributed by atoms with van der Waals surface area (Å²) in [4.78, 5) is 13.6. The number of piperidine rings is 1. The number of benzene rings is 1. The van der Waals surface area contributed by atoms with E-state index in [9.17, 15) is 9.90 Å². The maximum atomic E-state index is 11.5. The molecular formula is C14H21N3O2. The monoisotopic (exact) mass is 263 g/mol. The Kier molecular flexibility index (Phi) is 3.95. The van der Waals surface area contributed by atoms with Gasteiger partial charge in [0.2, 0.25) is 0 Å². The van der Waals surface area contributed by atoms with Crippen molar-refractivity contribution in [2.75, 3.05) is 30.8 Å². The first-order chi connectivity index (χ1) is 9.02. The number of aliphatic hydroxyl groups excluding tert-OH is 1. The molecule has 19 heavy (non-hydrogen) atoms. The Balaban J connectivity index is 2.19. The number of nitrogens with one attached hydrogen (secondary N) is 1. The Bertz CT molecular complexity index is 476. The highest BCUT2D eigenvalue weighted by atomic mass is 16.3. The summed E-state index contributed by atoms with van der Waals surface area (Å²) in [6.45, 7) is 3.52. The molecule has 104 valence electrons. The predicted molar refractivity (Wildman–Crippen MR) is 76.2 cm³/mol. The molecule has 2 unspecified atom stereocenters. The normalized spacial score (nSPS) is 23.2. The zero-order chi connectivity index (χ0) is 14.0. The van der Waals surface area contributed by atoms with Crippen molar-refractivity contribution < 1.29 is 9.90 Å². The van der Waals surface area contributed by atoms with Crippen LogP contribution in [0.5, 0.6) is 0 Å². The molecule has 1 amide bonds. The van der Waals surface area contributed by atoms with Gasteiger partial charge in [-0.1, -0.05) is 6.92 Å². The second kappa shape index (κ2) is 5.48. The van der Waals surface area contributed by atoms with Crippen LogP contribution in [-0.2, 0) is 0 Å². The summed E-state index contributed by atoms with van der Waals surface area (Å²) in [5.74, 6) is 0.174. The summed E-state index contributed by atoms with van der Waals surface area (Å²) in [6.07, 6.45) is 0.615. The van der Waals surface area contributed by atoms with Crippen LogP contribution in [-0.4, -0.2) is 37.3 Å². The molecule has 1 fully saturated rings. The summed E-state index contributed by atoms with van der Waals surface area (Å²) in [6, 6.07) is 5.29. The van der Waals surface area contributed by atoms with E-state index in [-0.39, 0.29) is 12.0 Å². The third-order valence-corrected chi connectivity index (χ3v) is 3.78. The maximum absolute atomic E-state index is 11.5. The largest absolute Gasteiger partial charge is 0.397 e. The van der Waals surface area contributed by atoms with E-state index in [0.29, 0.717) is 23.7 Å². The lowest BCUT2D eigenvalue weighted by Crippen LogP contribution is -2.43. The lowest BCUT2D eigenvalue weighted by Gasteiger charge is -2.36. The average Bonchev–Trinajstić information content (AvgIpc) is 2.41. The van der Waals surface area contributed by atoms with Crippen molar-refractivity contribution in [2.45, 2.75) is 19.4 Å². The van der Waals surface area contributed by atoms with Crippen LogP contribution in [0.3, 0.4) is 0 Å². The third-order valence-electron chi connectivity index (χ3n) is 3.78. The Morgan fingerprint density at radius 3 is 2.84 bits per heavy atom. The molecule has 1 aliphatic heterocycles. The average molecular weight is 263 g/mol.